The number of anilines is 2. The molecule has 7 heteroatoms. The molecule has 6 rings (SSSR count). The molecular weight excluding hydrogens is 450 g/mol. The molecule has 7 nitrogen and oxygen atoms in total. The number of amides is 1. The molecule has 36 heavy (non-hydrogen) atoms. The number of benzene rings is 2. The Morgan fingerprint density at radius 2 is 1.86 bits per heavy atom. The Kier molecular flexibility index (Phi) is 6.50. The molecule has 3 aromatic rings. The van der Waals surface area contributed by atoms with E-state index in [0.717, 1.165) is 43.3 Å². The van der Waals surface area contributed by atoms with Crippen LogP contribution in [0.2, 0.25) is 0 Å². The lowest BCUT2D eigenvalue weighted by Gasteiger charge is -2.27. The molecule has 2 aliphatic heterocycles. The predicted molar refractivity (Wildman–Crippen MR) is 141 cm³/mol. The molecule has 1 saturated carbocycles. The number of likely N-dealkylation sites (tertiary alicyclic amines) is 1. The van der Waals surface area contributed by atoms with E-state index in [1.807, 2.05) is 48.8 Å². The third-order valence-corrected chi connectivity index (χ3v) is 8.12. The normalized spacial score (nSPS) is 22.0. The number of hydrogen-bond acceptors (Lipinski definition) is 5. The van der Waals surface area contributed by atoms with Crippen LogP contribution in [0.4, 0.5) is 11.4 Å². The maximum Gasteiger partial charge on any atom is 0.255 e. The number of carbonyl (C=O) groups is 1. The highest BCUT2D eigenvalue weighted by molar-refractivity contribution is 6.04. The highest BCUT2D eigenvalue weighted by Gasteiger charge is 2.41. The molecular formula is C29H35N5O2. The Hall–Kier alpha value is -3.16. The van der Waals surface area contributed by atoms with Crippen LogP contribution < -0.4 is 10.2 Å². The van der Waals surface area contributed by atoms with Crippen molar-refractivity contribution in [3.05, 3.63) is 77.9 Å². The molecule has 3 aliphatic rings. The van der Waals surface area contributed by atoms with Crippen molar-refractivity contribution in [2.75, 3.05) is 29.9 Å². The van der Waals surface area contributed by atoms with Crippen molar-refractivity contribution in [2.45, 2.75) is 51.0 Å². The fourth-order valence-corrected chi connectivity index (χ4v) is 5.69. The van der Waals surface area contributed by atoms with E-state index in [4.69, 9.17) is 4.74 Å². The average Bonchev–Trinajstić information content (AvgIpc) is 3.56. The van der Waals surface area contributed by atoms with Gasteiger partial charge < -0.3 is 19.5 Å². The van der Waals surface area contributed by atoms with Gasteiger partial charge in [-0.2, -0.15) is 0 Å². The van der Waals surface area contributed by atoms with Gasteiger partial charge in [-0.3, -0.25) is 9.69 Å². The Bertz CT molecular complexity index is 1190. The van der Waals surface area contributed by atoms with Crippen LogP contribution >= 0.6 is 0 Å². The van der Waals surface area contributed by atoms with Crippen molar-refractivity contribution in [3.63, 3.8) is 0 Å². The van der Waals surface area contributed by atoms with Gasteiger partial charge in [0.25, 0.3) is 5.91 Å². The second kappa shape index (κ2) is 10.1. The first kappa shape index (κ1) is 23.3. The molecule has 1 aliphatic carbocycles. The standard InChI is InChI=1S/C29H35N5O2/c1-32-16-14-30-28(32)19-33-17-23-13-15-34(27(23)18-33)25-11-9-24(10-12-25)31-29(35)22-7-5-21(6-8-22)20-36-26-3-2-4-26/h5-12,14,16,23,26-27H,2-4,13,15,17-20H2,1H3,(H,31,35)/t23-,27+/m1/s1. The van der Waals surface area contributed by atoms with Gasteiger partial charge in [0.05, 0.1) is 19.3 Å². The highest BCUT2D eigenvalue weighted by Crippen LogP contribution is 2.36. The molecule has 1 N–H and O–H groups in total. The molecule has 0 radical (unpaired) electrons. The summed E-state index contributed by atoms with van der Waals surface area (Å²) in [4.78, 5) is 22.3. The van der Waals surface area contributed by atoms with E-state index in [2.05, 4.69) is 43.8 Å². The number of nitrogens with zero attached hydrogens (tertiary/aromatic N) is 4. The number of hydrogen-bond donors (Lipinski definition) is 1. The minimum Gasteiger partial charge on any atom is -0.374 e. The Balaban J connectivity index is 1.03. The number of imidazole rings is 1. The molecule has 3 heterocycles. The molecule has 1 amide bonds. The Labute approximate surface area is 213 Å². The maximum absolute atomic E-state index is 12.8. The lowest BCUT2D eigenvalue weighted by atomic mass is 9.96. The van der Waals surface area contributed by atoms with Crippen molar-refractivity contribution in [3.8, 4) is 0 Å². The highest BCUT2D eigenvalue weighted by atomic mass is 16.5. The lowest BCUT2D eigenvalue weighted by molar-refractivity contribution is -0.00866. The first-order valence-electron chi connectivity index (χ1n) is 13.2. The van der Waals surface area contributed by atoms with E-state index in [-0.39, 0.29) is 5.91 Å². The van der Waals surface area contributed by atoms with Crippen LogP contribution in [-0.2, 0) is 24.9 Å². The predicted octanol–water partition coefficient (Wildman–Crippen LogP) is 4.45. The van der Waals surface area contributed by atoms with Crippen LogP contribution in [0.5, 0.6) is 0 Å². The van der Waals surface area contributed by atoms with Crippen LogP contribution in [0.25, 0.3) is 0 Å². The SMILES string of the molecule is Cn1ccnc1CN1C[C@H]2CCN(c3ccc(NC(=O)c4ccc(COC5CCC5)cc4)cc3)[C@H]2C1. The van der Waals surface area contributed by atoms with Crippen LogP contribution in [-0.4, -0.2) is 52.1 Å². The van der Waals surface area contributed by atoms with Gasteiger partial charge >= 0.3 is 0 Å². The van der Waals surface area contributed by atoms with E-state index in [9.17, 15) is 4.79 Å². The zero-order chi connectivity index (χ0) is 24.5. The summed E-state index contributed by atoms with van der Waals surface area (Å²) in [5, 5.41) is 3.04. The summed E-state index contributed by atoms with van der Waals surface area (Å²) in [6, 6.07) is 16.6. The van der Waals surface area contributed by atoms with Crippen LogP contribution in [0, 0.1) is 5.92 Å². The molecule has 188 valence electrons. The van der Waals surface area contributed by atoms with Crippen molar-refractivity contribution < 1.29 is 9.53 Å². The van der Waals surface area contributed by atoms with Crippen molar-refractivity contribution in [2.24, 2.45) is 13.0 Å². The van der Waals surface area contributed by atoms with Crippen molar-refractivity contribution in [1.82, 2.24) is 14.5 Å². The Morgan fingerprint density at radius 1 is 1.06 bits per heavy atom. The second-order valence-corrected chi connectivity index (χ2v) is 10.5. The minimum absolute atomic E-state index is 0.0869. The molecule has 0 unspecified atom stereocenters. The molecule has 2 saturated heterocycles. The summed E-state index contributed by atoms with van der Waals surface area (Å²) in [6.45, 7) is 4.82. The molecule has 2 atom stereocenters. The fourth-order valence-electron chi connectivity index (χ4n) is 5.69. The van der Waals surface area contributed by atoms with E-state index in [0.29, 0.717) is 30.2 Å². The van der Waals surface area contributed by atoms with Gasteiger partial charge in [-0.15, -0.1) is 0 Å². The van der Waals surface area contributed by atoms with E-state index in [1.165, 1.54) is 31.4 Å². The number of ether oxygens (including phenoxy) is 1. The molecule has 0 bridgehead atoms. The molecule has 1 aromatic heterocycles. The number of carbonyl (C=O) groups excluding carboxylic acids is 1. The fraction of sp³-hybridized carbons (Fsp3) is 0.448. The third kappa shape index (κ3) is 4.90. The summed E-state index contributed by atoms with van der Waals surface area (Å²) in [7, 11) is 2.06. The van der Waals surface area contributed by atoms with E-state index >= 15 is 0 Å². The smallest absolute Gasteiger partial charge is 0.255 e. The van der Waals surface area contributed by atoms with E-state index in [1.54, 1.807) is 0 Å². The number of aryl methyl sites for hydroxylation is 1. The second-order valence-electron chi connectivity index (χ2n) is 10.5. The van der Waals surface area contributed by atoms with Gasteiger partial charge in [0.1, 0.15) is 5.82 Å². The first-order valence-corrected chi connectivity index (χ1v) is 13.2. The summed E-state index contributed by atoms with van der Waals surface area (Å²) in [5.74, 6) is 1.74. The topological polar surface area (TPSA) is 62.6 Å². The molecule has 0 spiro atoms. The summed E-state index contributed by atoms with van der Waals surface area (Å²) in [6.07, 6.45) is 9.14. The summed E-state index contributed by atoms with van der Waals surface area (Å²) >= 11 is 0. The number of rotatable bonds is 8. The zero-order valence-corrected chi connectivity index (χ0v) is 21.0. The minimum atomic E-state index is -0.0869. The zero-order valence-electron chi connectivity index (χ0n) is 21.0. The monoisotopic (exact) mass is 485 g/mol. The van der Waals surface area contributed by atoms with Crippen LogP contribution in [0.15, 0.2) is 60.9 Å². The number of fused-ring (bicyclic) bond motifs is 1. The summed E-state index contributed by atoms with van der Waals surface area (Å²) in [5.41, 5.74) is 3.82. The van der Waals surface area contributed by atoms with E-state index < -0.39 is 0 Å². The third-order valence-electron chi connectivity index (χ3n) is 8.12. The Morgan fingerprint density at radius 3 is 2.56 bits per heavy atom. The van der Waals surface area contributed by atoms with Gasteiger partial charge in [-0.25, -0.2) is 4.98 Å². The maximum atomic E-state index is 12.8. The first-order chi connectivity index (χ1) is 17.6. The largest absolute Gasteiger partial charge is 0.374 e. The molecule has 2 aromatic carbocycles. The quantitative estimate of drug-likeness (QED) is 0.511. The van der Waals surface area contributed by atoms with Crippen molar-refractivity contribution >= 4 is 17.3 Å². The number of nitrogens with one attached hydrogen (secondary N) is 1. The van der Waals surface area contributed by atoms with Crippen LogP contribution in [0.3, 0.4) is 0 Å². The van der Waals surface area contributed by atoms with Gasteiger partial charge in [0, 0.05) is 62.1 Å². The number of aromatic nitrogens is 2. The van der Waals surface area contributed by atoms with Gasteiger partial charge in [0.15, 0.2) is 0 Å². The van der Waals surface area contributed by atoms with Gasteiger partial charge in [0.2, 0.25) is 0 Å². The lowest BCUT2D eigenvalue weighted by Crippen LogP contribution is -2.35. The van der Waals surface area contributed by atoms with Crippen LogP contribution in [0.1, 0.15) is 47.4 Å². The summed E-state index contributed by atoms with van der Waals surface area (Å²) < 4.78 is 7.97. The van der Waals surface area contributed by atoms with Gasteiger partial charge in [-0.05, 0) is 73.6 Å². The van der Waals surface area contributed by atoms with Gasteiger partial charge in [-0.1, -0.05) is 12.1 Å². The average molecular weight is 486 g/mol. The van der Waals surface area contributed by atoms with Crippen molar-refractivity contribution in [1.29, 1.82) is 0 Å². The molecule has 3 fully saturated rings.